The number of rotatable bonds is 2. The summed E-state index contributed by atoms with van der Waals surface area (Å²) >= 11 is 0. The molecule has 2 fully saturated rings. The predicted molar refractivity (Wildman–Crippen MR) is 74.1 cm³/mol. The second kappa shape index (κ2) is 4.10. The van der Waals surface area contributed by atoms with Gasteiger partial charge < -0.3 is 15.2 Å². The molecule has 3 unspecified atom stereocenters. The minimum absolute atomic E-state index is 0.0573. The lowest BCUT2D eigenvalue weighted by molar-refractivity contribution is 0.0924. The topological polar surface area (TPSA) is 48.1 Å². The Kier molecular flexibility index (Phi) is 2.38. The van der Waals surface area contributed by atoms with Crippen molar-refractivity contribution in [2.24, 2.45) is 5.92 Å². The molecule has 2 aliphatic heterocycles. The van der Waals surface area contributed by atoms with Crippen molar-refractivity contribution < 1.29 is 4.79 Å². The summed E-state index contributed by atoms with van der Waals surface area (Å²) in [5.74, 6) is 0.710. The van der Waals surface area contributed by atoms with Gasteiger partial charge in [-0.15, -0.1) is 0 Å². The van der Waals surface area contributed by atoms with Crippen molar-refractivity contribution in [3.05, 3.63) is 36.2 Å². The van der Waals surface area contributed by atoms with E-state index < -0.39 is 0 Å². The van der Waals surface area contributed by atoms with Crippen LogP contribution in [0.5, 0.6) is 0 Å². The van der Waals surface area contributed by atoms with E-state index in [4.69, 9.17) is 0 Å². The molecule has 0 spiro atoms. The summed E-state index contributed by atoms with van der Waals surface area (Å²) in [6.45, 7) is 3.37. The van der Waals surface area contributed by atoms with Crippen LogP contribution in [-0.2, 0) is 0 Å². The number of amides is 1. The van der Waals surface area contributed by atoms with Gasteiger partial charge in [-0.3, -0.25) is 4.79 Å². The van der Waals surface area contributed by atoms with E-state index in [2.05, 4.69) is 15.2 Å². The van der Waals surface area contributed by atoms with Gasteiger partial charge in [-0.25, -0.2) is 0 Å². The first-order valence-electron chi connectivity index (χ1n) is 6.89. The number of H-pyrrole nitrogens is 1. The van der Waals surface area contributed by atoms with Crippen LogP contribution in [0.4, 0.5) is 0 Å². The first-order chi connectivity index (χ1) is 9.29. The van der Waals surface area contributed by atoms with Gasteiger partial charge in [0.1, 0.15) is 0 Å². The summed E-state index contributed by atoms with van der Waals surface area (Å²) in [5.41, 5.74) is 0.755. The average Bonchev–Trinajstić information content (AvgIpc) is 3.13. The Labute approximate surface area is 111 Å². The Bertz CT molecular complexity index is 633. The van der Waals surface area contributed by atoms with Gasteiger partial charge in [0.2, 0.25) is 0 Å². The molecular formula is C15H17N3O. The van der Waals surface area contributed by atoms with Crippen LogP contribution in [0.1, 0.15) is 16.8 Å². The van der Waals surface area contributed by atoms with E-state index >= 15 is 0 Å². The van der Waals surface area contributed by atoms with Crippen LogP contribution in [0.15, 0.2) is 30.6 Å². The number of carbonyl (C=O) groups is 1. The van der Waals surface area contributed by atoms with E-state index in [0.29, 0.717) is 12.0 Å². The van der Waals surface area contributed by atoms with Crippen molar-refractivity contribution in [1.82, 2.24) is 15.2 Å². The molecular weight excluding hydrogens is 238 g/mol. The fourth-order valence-electron chi connectivity index (χ4n) is 3.39. The fraction of sp³-hybridized carbons (Fsp3) is 0.400. The molecule has 3 heterocycles. The molecule has 1 aromatic carbocycles. The highest BCUT2D eigenvalue weighted by Crippen LogP contribution is 2.28. The molecule has 0 aliphatic carbocycles. The monoisotopic (exact) mass is 255 g/mol. The molecule has 4 rings (SSSR count). The number of fused-ring (bicyclic) bond motifs is 3. The van der Waals surface area contributed by atoms with Crippen LogP contribution in [-0.4, -0.2) is 41.5 Å². The number of nitrogens with zero attached hydrogens (tertiary/aromatic N) is 1. The van der Waals surface area contributed by atoms with E-state index in [0.717, 1.165) is 29.4 Å². The van der Waals surface area contributed by atoms with Crippen molar-refractivity contribution in [3.8, 4) is 0 Å². The molecule has 2 aromatic rings. The second-order valence-electron chi connectivity index (χ2n) is 5.69. The third kappa shape index (κ3) is 1.83. The van der Waals surface area contributed by atoms with Gasteiger partial charge in [-0.1, -0.05) is 6.07 Å². The lowest BCUT2D eigenvalue weighted by Crippen LogP contribution is -2.43. The lowest BCUT2D eigenvalue weighted by Gasteiger charge is -2.23. The minimum Gasteiger partial charge on any atom is -0.366 e. The largest absolute Gasteiger partial charge is 0.366 e. The van der Waals surface area contributed by atoms with Gasteiger partial charge in [-0.05, 0) is 41.8 Å². The first kappa shape index (κ1) is 11.1. The average molecular weight is 255 g/mol. The van der Waals surface area contributed by atoms with Crippen LogP contribution in [0.25, 0.3) is 10.8 Å². The normalized spacial score (nSPS) is 28.9. The van der Waals surface area contributed by atoms with E-state index in [9.17, 15) is 4.79 Å². The number of benzene rings is 1. The highest BCUT2D eigenvalue weighted by Gasteiger charge is 2.38. The zero-order chi connectivity index (χ0) is 12.8. The fourth-order valence-corrected chi connectivity index (χ4v) is 3.39. The van der Waals surface area contributed by atoms with Crippen LogP contribution in [0.2, 0.25) is 0 Å². The summed E-state index contributed by atoms with van der Waals surface area (Å²) in [6.07, 6.45) is 5.09. The van der Waals surface area contributed by atoms with Crippen LogP contribution in [0, 0.1) is 5.92 Å². The first-order valence-corrected chi connectivity index (χ1v) is 6.89. The van der Waals surface area contributed by atoms with Crippen molar-refractivity contribution in [1.29, 1.82) is 0 Å². The molecule has 3 atom stereocenters. The SMILES string of the molecule is O=C(NC1CN2CCC1C2)c1ccc2c[nH]cc2c1. The predicted octanol–water partition coefficient (Wildman–Crippen LogP) is 1.60. The van der Waals surface area contributed by atoms with Gasteiger partial charge in [0.15, 0.2) is 0 Å². The molecule has 98 valence electrons. The molecule has 2 bridgehead atoms. The minimum atomic E-state index is 0.0573. The quantitative estimate of drug-likeness (QED) is 0.856. The maximum absolute atomic E-state index is 12.3. The van der Waals surface area contributed by atoms with Crippen molar-refractivity contribution in [2.45, 2.75) is 12.5 Å². The third-order valence-electron chi connectivity index (χ3n) is 4.48. The molecule has 2 saturated heterocycles. The second-order valence-corrected chi connectivity index (χ2v) is 5.69. The summed E-state index contributed by atoms with van der Waals surface area (Å²) in [6, 6.07) is 6.18. The maximum Gasteiger partial charge on any atom is 0.251 e. The molecule has 1 amide bonds. The zero-order valence-electron chi connectivity index (χ0n) is 10.7. The summed E-state index contributed by atoms with van der Waals surface area (Å²) in [4.78, 5) is 17.8. The number of carbonyl (C=O) groups excluding carboxylic acids is 1. The molecule has 0 saturated carbocycles. The van der Waals surface area contributed by atoms with E-state index in [1.807, 2.05) is 30.6 Å². The molecule has 4 heteroatoms. The Balaban J connectivity index is 1.53. The summed E-state index contributed by atoms with van der Waals surface area (Å²) < 4.78 is 0. The standard InChI is InChI=1S/C15H17N3O/c19-15(17-14-9-18-4-3-12(14)8-18)10-1-2-11-6-16-7-13(11)5-10/h1-2,5-7,12,14,16H,3-4,8-9H2,(H,17,19). The van der Waals surface area contributed by atoms with E-state index in [1.165, 1.54) is 13.0 Å². The van der Waals surface area contributed by atoms with Crippen LogP contribution in [0.3, 0.4) is 0 Å². The molecule has 19 heavy (non-hydrogen) atoms. The number of piperidine rings is 1. The van der Waals surface area contributed by atoms with E-state index in [1.54, 1.807) is 0 Å². The highest BCUT2D eigenvalue weighted by molar-refractivity contribution is 5.98. The van der Waals surface area contributed by atoms with Crippen LogP contribution >= 0.6 is 0 Å². The number of aromatic nitrogens is 1. The van der Waals surface area contributed by atoms with Gasteiger partial charge in [0.05, 0.1) is 0 Å². The van der Waals surface area contributed by atoms with Crippen LogP contribution < -0.4 is 5.32 Å². The molecule has 4 nitrogen and oxygen atoms in total. The number of aromatic amines is 1. The Hall–Kier alpha value is -1.81. The van der Waals surface area contributed by atoms with Gasteiger partial charge in [-0.2, -0.15) is 0 Å². The lowest BCUT2D eigenvalue weighted by atomic mass is 9.99. The van der Waals surface area contributed by atoms with Gasteiger partial charge in [0, 0.05) is 37.1 Å². The number of nitrogens with one attached hydrogen (secondary N) is 2. The molecule has 1 aromatic heterocycles. The molecule has 2 N–H and O–H groups in total. The number of hydrogen-bond acceptors (Lipinski definition) is 2. The molecule has 0 radical (unpaired) electrons. The van der Waals surface area contributed by atoms with E-state index in [-0.39, 0.29) is 5.91 Å². The van der Waals surface area contributed by atoms with Gasteiger partial charge >= 0.3 is 0 Å². The zero-order valence-corrected chi connectivity index (χ0v) is 10.7. The third-order valence-corrected chi connectivity index (χ3v) is 4.48. The Morgan fingerprint density at radius 1 is 1.26 bits per heavy atom. The summed E-state index contributed by atoms with van der Waals surface area (Å²) in [7, 11) is 0. The maximum atomic E-state index is 12.3. The van der Waals surface area contributed by atoms with Gasteiger partial charge in [0.25, 0.3) is 5.91 Å². The number of hydrogen-bond donors (Lipinski definition) is 2. The summed E-state index contributed by atoms with van der Waals surface area (Å²) in [5, 5.41) is 5.42. The van der Waals surface area contributed by atoms with Crippen molar-refractivity contribution in [2.75, 3.05) is 19.6 Å². The molecule has 2 aliphatic rings. The van der Waals surface area contributed by atoms with Crippen molar-refractivity contribution >= 4 is 16.7 Å². The Morgan fingerprint density at radius 2 is 2.16 bits per heavy atom. The highest BCUT2D eigenvalue weighted by atomic mass is 16.1. The van der Waals surface area contributed by atoms with Crippen molar-refractivity contribution in [3.63, 3.8) is 0 Å². The smallest absolute Gasteiger partial charge is 0.251 e. The Morgan fingerprint density at radius 3 is 2.95 bits per heavy atom.